The SMILES string of the molecule is CCOC1(C#CCc2ccccc2)C(=O)C(OC)=C1OC. The van der Waals surface area contributed by atoms with E-state index in [1.54, 1.807) is 0 Å². The van der Waals surface area contributed by atoms with Crippen LogP contribution in [0.15, 0.2) is 41.9 Å². The van der Waals surface area contributed by atoms with Gasteiger partial charge < -0.3 is 14.2 Å². The monoisotopic (exact) mass is 286 g/mol. The molecule has 1 unspecified atom stereocenters. The molecular weight excluding hydrogens is 268 g/mol. The predicted octanol–water partition coefficient (Wildman–Crippen LogP) is 2.09. The molecule has 0 spiro atoms. The topological polar surface area (TPSA) is 44.8 Å². The van der Waals surface area contributed by atoms with Gasteiger partial charge in [-0.1, -0.05) is 42.2 Å². The zero-order valence-corrected chi connectivity index (χ0v) is 12.4. The molecule has 0 saturated heterocycles. The van der Waals surface area contributed by atoms with Crippen molar-refractivity contribution in [2.24, 2.45) is 0 Å². The summed E-state index contributed by atoms with van der Waals surface area (Å²) in [5.74, 6) is 6.15. The summed E-state index contributed by atoms with van der Waals surface area (Å²) in [7, 11) is 2.91. The van der Waals surface area contributed by atoms with Gasteiger partial charge in [0.15, 0.2) is 5.76 Å². The smallest absolute Gasteiger partial charge is 0.257 e. The predicted molar refractivity (Wildman–Crippen MR) is 78.3 cm³/mol. The van der Waals surface area contributed by atoms with E-state index in [0.717, 1.165) is 5.56 Å². The Morgan fingerprint density at radius 2 is 1.86 bits per heavy atom. The average Bonchev–Trinajstić information content (AvgIpc) is 2.52. The van der Waals surface area contributed by atoms with E-state index in [0.29, 0.717) is 18.8 Å². The molecule has 21 heavy (non-hydrogen) atoms. The molecule has 1 aromatic rings. The van der Waals surface area contributed by atoms with Crippen LogP contribution in [0.2, 0.25) is 0 Å². The maximum Gasteiger partial charge on any atom is 0.257 e. The van der Waals surface area contributed by atoms with Crippen LogP contribution in [0, 0.1) is 11.8 Å². The normalized spacial score (nSPS) is 20.4. The number of benzene rings is 1. The van der Waals surface area contributed by atoms with Crippen LogP contribution in [0.3, 0.4) is 0 Å². The van der Waals surface area contributed by atoms with Gasteiger partial charge >= 0.3 is 0 Å². The van der Waals surface area contributed by atoms with Crippen molar-refractivity contribution in [1.82, 2.24) is 0 Å². The third-order valence-corrected chi connectivity index (χ3v) is 3.22. The largest absolute Gasteiger partial charge is 0.493 e. The van der Waals surface area contributed by atoms with Crippen molar-refractivity contribution in [3.8, 4) is 11.8 Å². The first-order valence-electron chi connectivity index (χ1n) is 6.75. The number of Topliss-reactive ketones (excluding diaryl/α,β-unsaturated/α-hetero) is 1. The number of methoxy groups -OCH3 is 2. The molecular formula is C17H18O4. The van der Waals surface area contributed by atoms with Gasteiger partial charge in [0.2, 0.25) is 5.76 Å². The second-order valence-corrected chi connectivity index (χ2v) is 4.47. The van der Waals surface area contributed by atoms with Crippen molar-refractivity contribution < 1.29 is 19.0 Å². The van der Waals surface area contributed by atoms with Gasteiger partial charge in [-0.3, -0.25) is 4.79 Å². The summed E-state index contributed by atoms with van der Waals surface area (Å²) in [4.78, 5) is 12.2. The van der Waals surface area contributed by atoms with Crippen LogP contribution < -0.4 is 0 Å². The first-order valence-corrected chi connectivity index (χ1v) is 6.75. The fraction of sp³-hybridized carbons (Fsp3) is 0.353. The Kier molecular flexibility index (Phi) is 4.66. The summed E-state index contributed by atoms with van der Waals surface area (Å²) < 4.78 is 15.8. The Labute approximate surface area is 124 Å². The lowest BCUT2D eigenvalue weighted by molar-refractivity contribution is -0.144. The minimum Gasteiger partial charge on any atom is -0.493 e. The second kappa shape index (κ2) is 6.47. The Morgan fingerprint density at radius 1 is 1.14 bits per heavy atom. The molecule has 0 amide bonds. The van der Waals surface area contributed by atoms with Gasteiger partial charge in [0.1, 0.15) is 0 Å². The van der Waals surface area contributed by atoms with Crippen molar-refractivity contribution in [3.63, 3.8) is 0 Å². The van der Waals surface area contributed by atoms with Gasteiger partial charge in [-0.15, -0.1) is 0 Å². The first-order chi connectivity index (χ1) is 10.2. The van der Waals surface area contributed by atoms with Crippen LogP contribution in [0.1, 0.15) is 12.5 Å². The van der Waals surface area contributed by atoms with Crippen molar-refractivity contribution in [1.29, 1.82) is 0 Å². The third kappa shape index (κ3) is 2.65. The van der Waals surface area contributed by atoms with E-state index in [9.17, 15) is 4.79 Å². The van der Waals surface area contributed by atoms with Crippen LogP contribution in [-0.2, 0) is 25.4 Å². The Balaban J connectivity index is 2.26. The van der Waals surface area contributed by atoms with Crippen molar-refractivity contribution in [2.75, 3.05) is 20.8 Å². The third-order valence-electron chi connectivity index (χ3n) is 3.22. The molecule has 1 aromatic carbocycles. The standard InChI is InChI=1S/C17H18O4/c1-4-21-17(15(18)14(19-2)16(17)20-3)12-8-11-13-9-6-5-7-10-13/h5-7,9-10H,4,11H2,1-3H3. The lowest BCUT2D eigenvalue weighted by Gasteiger charge is -2.36. The summed E-state index contributed by atoms with van der Waals surface area (Å²) in [6.45, 7) is 2.17. The highest BCUT2D eigenvalue weighted by molar-refractivity contribution is 6.12. The van der Waals surface area contributed by atoms with Crippen molar-refractivity contribution >= 4 is 5.78 Å². The summed E-state index contributed by atoms with van der Waals surface area (Å²) in [5.41, 5.74) is -0.234. The van der Waals surface area contributed by atoms with E-state index in [1.165, 1.54) is 14.2 Å². The molecule has 0 bridgehead atoms. The molecule has 4 heteroatoms. The molecule has 2 rings (SSSR count). The van der Waals surface area contributed by atoms with E-state index >= 15 is 0 Å². The number of hydrogen-bond donors (Lipinski definition) is 0. The minimum atomic E-state index is -1.32. The van der Waals surface area contributed by atoms with Gasteiger partial charge in [0.25, 0.3) is 11.4 Å². The van der Waals surface area contributed by atoms with Crippen LogP contribution >= 0.6 is 0 Å². The van der Waals surface area contributed by atoms with Gasteiger partial charge in [-0.05, 0) is 12.5 Å². The Bertz CT molecular complexity index is 607. The molecule has 1 atom stereocenters. The Morgan fingerprint density at radius 3 is 2.43 bits per heavy atom. The number of ether oxygens (including phenoxy) is 3. The number of hydrogen-bond acceptors (Lipinski definition) is 4. The molecule has 1 aliphatic carbocycles. The number of ketones is 1. The molecule has 4 nitrogen and oxygen atoms in total. The van der Waals surface area contributed by atoms with Gasteiger partial charge in [0.05, 0.1) is 14.2 Å². The zero-order valence-electron chi connectivity index (χ0n) is 12.4. The molecule has 0 aromatic heterocycles. The van der Waals surface area contributed by atoms with Crippen molar-refractivity contribution in [2.45, 2.75) is 18.9 Å². The fourth-order valence-corrected chi connectivity index (χ4v) is 2.25. The molecule has 0 fully saturated rings. The van der Waals surface area contributed by atoms with Gasteiger partial charge in [-0.2, -0.15) is 0 Å². The van der Waals surface area contributed by atoms with Gasteiger partial charge in [-0.25, -0.2) is 0 Å². The Hall–Kier alpha value is -2.25. The number of carbonyl (C=O) groups excluding carboxylic acids is 1. The second-order valence-electron chi connectivity index (χ2n) is 4.47. The molecule has 0 saturated carbocycles. The van der Waals surface area contributed by atoms with Crippen LogP contribution in [0.25, 0.3) is 0 Å². The maximum absolute atomic E-state index is 12.2. The number of carbonyl (C=O) groups is 1. The minimum absolute atomic E-state index is 0.181. The molecule has 1 aliphatic rings. The average molecular weight is 286 g/mol. The molecule has 0 N–H and O–H groups in total. The lowest BCUT2D eigenvalue weighted by atomic mass is 9.82. The summed E-state index contributed by atoms with van der Waals surface area (Å²) in [6, 6.07) is 9.82. The highest BCUT2D eigenvalue weighted by atomic mass is 16.6. The van der Waals surface area contributed by atoms with Crippen molar-refractivity contribution in [3.05, 3.63) is 47.4 Å². The first kappa shape index (κ1) is 15.1. The molecule has 0 heterocycles. The van der Waals surface area contributed by atoms with E-state index in [4.69, 9.17) is 14.2 Å². The quantitative estimate of drug-likeness (QED) is 0.778. The highest BCUT2D eigenvalue weighted by Gasteiger charge is 2.57. The highest BCUT2D eigenvalue weighted by Crippen LogP contribution is 2.38. The van der Waals surface area contributed by atoms with Crippen LogP contribution in [-0.4, -0.2) is 32.2 Å². The maximum atomic E-state index is 12.2. The molecule has 110 valence electrons. The zero-order chi connectivity index (χ0) is 15.3. The molecule has 0 aliphatic heterocycles. The van der Waals surface area contributed by atoms with E-state index in [1.807, 2.05) is 37.3 Å². The van der Waals surface area contributed by atoms with E-state index < -0.39 is 5.60 Å². The van der Waals surface area contributed by atoms with Gasteiger partial charge in [0, 0.05) is 13.0 Å². The number of rotatable bonds is 5. The fourth-order valence-electron chi connectivity index (χ4n) is 2.25. The van der Waals surface area contributed by atoms with E-state index in [2.05, 4.69) is 11.8 Å². The lowest BCUT2D eigenvalue weighted by Crippen LogP contribution is -2.53. The molecule has 0 radical (unpaired) electrons. The summed E-state index contributed by atoms with van der Waals surface area (Å²) in [6.07, 6.45) is 0.544. The van der Waals surface area contributed by atoms with E-state index in [-0.39, 0.29) is 11.5 Å². The summed E-state index contributed by atoms with van der Waals surface area (Å²) in [5, 5.41) is 0. The van der Waals surface area contributed by atoms with Crippen LogP contribution in [0.5, 0.6) is 0 Å². The summed E-state index contributed by atoms with van der Waals surface area (Å²) >= 11 is 0. The van der Waals surface area contributed by atoms with Crippen LogP contribution in [0.4, 0.5) is 0 Å².